The molecular weight excluding hydrogens is 286 g/mol. The molecule has 0 radical (unpaired) electrons. The van der Waals surface area contributed by atoms with Crippen LogP contribution in [0.15, 0.2) is 36.5 Å². The second-order valence-electron chi connectivity index (χ2n) is 5.14. The molecule has 2 heterocycles. The highest BCUT2D eigenvalue weighted by Gasteiger charge is 2.26. The number of fused-ring (bicyclic) bond motifs is 1. The maximum atomic E-state index is 12.6. The van der Waals surface area contributed by atoms with Gasteiger partial charge in [-0.15, -0.1) is 0 Å². The number of aryl methyl sites for hydroxylation is 1. The van der Waals surface area contributed by atoms with Crippen LogP contribution in [0.5, 0.6) is 0 Å². The van der Waals surface area contributed by atoms with Gasteiger partial charge < -0.3 is 10.6 Å². The van der Waals surface area contributed by atoms with Crippen LogP contribution in [-0.4, -0.2) is 17.4 Å². The molecule has 2 N–H and O–H groups in total. The average molecular weight is 302 g/mol. The van der Waals surface area contributed by atoms with Crippen molar-refractivity contribution in [2.24, 2.45) is 0 Å². The topological polar surface area (TPSA) is 54.0 Å². The number of rotatable bonds is 2. The van der Waals surface area contributed by atoms with Gasteiger partial charge in [0, 0.05) is 18.4 Å². The van der Waals surface area contributed by atoms with Gasteiger partial charge in [0.2, 0.25) is 5.91 Å². The molecule has 5 heteroatoms. The van der Waals surface area contributed by atoms with Crippen LogP contribution in [0.3, 0.4) is 0 Å². The summed E-state index contributed by atoms with van der Waals surface area (Å²) in [4.78, 5) is 16.6. The second kappa shape index (κ2) is 5.74. The number of para-hydroxylation sites is 1. The Labute approximate surface area is 128 Å². The predicted octanol–water partition coefficient (Wildman–Crippen LogP) is 3.58. The molecule has 2 aromatic rings. The van der Waals surface area contributed by atoms with Crippen LogP contribution in [-0.2, 0) is 4.79 Å². The first kappa shape index (κ1) is 13.9. The Bertz CT molecular complexity index is 667. The van der Waals surface area contributed by atoms with Crippen LogP contribution in [0.1, 0.15) is 23.5 Å². The number of carbonyl (C=O) groups excluding carboxylic acids is 1. The summed E-state index contributed by atoms with van der Waals surface area (Å²) in [5.74, 6) is -0.208. The van der Waals surface area contributed by atoms with E-state index in [2.05, 4.69) is 15.6 Å². The second-order valence-corrected chi connectivity index (χ2v) is 5.50. The van der Waals surface area contributed by atoms with Crippen LogP contribution in [0.25, 0.3) is 0 Å². The number of nitrogens with zero attached hydrogens (tertiary/aromatic N) is 1. The smallest absolute Gasteiger partial charge is 0.232 e. The molecule has 0 fully saturated rings. The Balaban J connectivity index is 1.87. The lowest BCUT2D eigenvalue weighted by atomic mass is 9.90. The Hall–Kier alpha value is -2.07. The highest BCUT2D eigenvalue weighted by molar-refractivity contribution is 6.32. The number of anilines is 2. The van der Waals surface area contributed by atoms with Crippen molar-refractivity contribution in [1.29, 1.82) is 0 Å². The van der Waals surface area contributed by atoms with Gasteiger partial charge in [-0.25, -0.2) is 4.98 Å². The Morgan fingerprint density at radius 1 is 1.38 bits per heavy atom. The number of hydrogen-bond donors (Lipinski definition) is 2. The summed E-state index contributed by atoms with van der Waals surface area (Å²) in [6, 6.07) is 9.74. The molecule has 1 aliphatic rings. The molecule has 0 saturated carbocycles. The lowest BCUT2D eigenvalue weighted by molar-refractivity contribution is -0.117. The molecule has 1 aromatic carbocycles. The van der Waals surface area contributed by atoms with Gasteiger partial charge in [0.15, 0.2) is 5.15 Å². The van der Waals surface area contributed by atoms with Crippen molar-refractivity contribution in [3.8, 4) is 0 Å². The highest BCUT2D eigenvalue weighted by atomic mass is 35.5. The SMILES string of the molecule is Cc1ccnc(Cl)c1NC(=O)C1CCNc2ccccc21. The van der Waals surface area contributed by atoms with E-state index >= 15 is 0 Å². The van der Waals surface area contributed by atoms with E-state index in [9.17, 15) is 4.79 Å². The van der Waals surface area contributed by atoms with Gasteiger partial charge in [0.25, 0.3) is 0 Å². The minimum absolute atomic E-state index is 0.0399. The normalized spacial score (nSPS) is 16.8. The van der Waals surface area contributed by atoms with Crippen LogP contribution in [0.2, 0.25) is 5.15 Å². The summed E-state index contributed by atoms with van der Waals surface area (Å²) >= 11 is 6.07. The molecule has 1 atom stereocenters. The van der Waals surface area contributed by atoms with Crippen LogP contribution < -0.4 is 10.6 Å². The third-order valence-electron chi connectivity index (χ3n) is 3.76. The zero-order chi connectivity index (χ0) is 14.8. The predicted molar refractivity (Wildman–Crippen MR) is 84.9 cm³/mol. The van der Waals surface area contributed by atoms with Crippen molar-refractivity contribution >= 4 is 28.9 Å². The fourth-order valence-electron chi connectivity index (χ4n) is 2.63. The summed E-state index contributed by atoms with van der Waals surface area (Å²) in [5.41, 5.74) is 3.56. The molecule has 0 bridgehead atoms. The average Bonchev–Trinajstić information content (AvgIpc) is 2.50. The van der Waals surface area contributed by atoms with Gasteiger partial charge in [0.05, 0.1) is 11.6 Å². The van der Waals surface area contributed by atoms with E-state index in [1.807, 2.05) is 37.3 Å². The van der Waals surface area contributed by atoms with Crippen molar-refractivity contribution < 1.29 is 4.79 Å². The molecule has 108 valence electrons. The number of carbonyl (C=O) groups is 1. The molecule has 21 heavy (non-hydrogen) atoms. The van der Waals surface area contributed by atoms with Gasteiger partial charge in [-0.05, 0) is 36.6 Å². The Morgan fingerprint density at radius 3 is 3.00 bits per heavy atom. The number of amides is 1. The first-order valence-electron chi connectivity index (χ1n) is 6.91. The summed E-state index contributed by atoms with van der Waals surface area (Å²) in [6.07, 6.45) is 2.40. The number of nitrogens with one attached hydrogen (secondary N) is 2. The molecular formula is C16H16ClN3O. The summed E-state index contributed by atoms with van der Waals surface area (Å²) in [6.45, 7) is 2.69. The van der Waals surface area contributed by atoms with Crippen molar-refractivity contribution in [2.45, 2.75) is 19.3 Å². The molecule has 3 rings (SSSR count). The van der Waals surface area contributed by atoms with E-state index in [1.165, 1.54) is 0 Å². The molecule has 1 unspecified atom stereocenters. The fraction of sp³-hybridized carbons (Fsp3) is 0.250. The third kappa shape index (κ3) is 2.72. The number of aromatic nitrogens is 1. The number of pyridine rings is 1. The summed E-state index contributed by atoms with van der Waals surface area (Å²) in [7, 11) is 0. The quantitative estimate of drug-likeness (QED) is 0.834. The first-order chi connectivity index (χ1) is 10.2. The lowest BCUT2D eigenvalue weighted by Gasteiger charge is -2.26. The Kier molecular flexibility index (Phi) is 3.80. The van der Waals surface area contributed by atoms with E-state index in [4.69, 9.17) is 11.6 Å². The highest BCUT2D eigenvalue weighted by Crippen LogP contribution is 2.33. The number of hydrogen-bond acceptors (Lipinski definition) is 3. The fourth-order valence-corrected chi connectivity index (χ4v) is 2.88. The third-order valence-corrected chi connectivity index (χ3v) is 4.05. The largest absolute Gasteiger partial charge is 0.385 e. The summed E-state index contributed by atoms with van der Waals surface area (Å²) < 4.78 is 0. The van der Waals surface area contributed by atoms with Gasteiger partial charge >= 0.3 is 0 Å². The molecule has 1 aromatic heterocycles. The van der Waals surface area contributed by atoms with E-state index in [1.54, 1.807) is 6.20 Å². The van der Waals surface area contributed by atoms with Gasteiger partial charge in [-0.3, -0.25) is 4.79 Å². The van der Waals surface area contributed by atoms with E-state index in [0.29, 0.717) is 10.8 Å². The maximum Gasteiger partial charge on any atom is 0.232 e. The minimum atomic E-state index is -0.168. The van der Waals surface area contributed by atoms with E-state index in [-0.39, 0.29) is 11.8 Å². The van der Waals surface area contributed by atoms with Gasteiger partial charge in [0.1, 0.15) is 0 Å². The zero-order valence-corrected chi connectivity index (χ0v) is 12.4. The minimum Gasteiger partial charge on any atom is -0.385 e. The first-order valence-corrected chi connectivity index (χ1v) is 7.29. The number of benzene rings is 1. The van der Waals surface area contributed by atoms with Crippen LogP contribution in [0.4, 0.5) is 11.4 Å². The molecule has 0 saturated heterocycles. The summed E-state index contributed by atoms with van der Waals surface area (Å²) in [5, 5.41) is 6.57. The molecule has 1 amide bonds. The van der Waals surface area contributed by atoms with Crippen molar-refractivity contribution in [1.82, 2.24) is 4.98 Å². The standard InChI is InChI=1S/C16H16ClN3O/c1-10-6-8-19-15(17)14(10)20-16(21)12-7-9-18-13-5-3-2-4-11(12)13/h2-6,8,12,18H,7,9H2,1H3,(H,20,21). The van der Waals surface area contributed by atoms with Crippen LogP contribution >= 0.6 is 11.6 Å². The van der Waals surface area contributed by atoms with Crippen molar-refractivity contribution in [3.63, 3.8) is 0 Å². The molecule has 1 aliphatic heterocycles. The zero-order valence-electron chi connectivity index (χ0n) is 11.7. The van der Waals surface area contributed by atoms with E-state index < -0.39 is 0 Å². The number of halogens is 1. The van der Waals surface area contributed by atoms with Gasteiger partial charge in [-0.2, -0.15) is 0 Å². The van der Waals surface area contributed by atoms with Gasteiger partial charge in [-0.1, -0.05) is 29.8 Å². The van der Waals surface area contributed by atoms with Crippen LogP contribution in [0, 0.1) is 6.92 Å². The van der Waals surface area contributed by atoms with Crippen molar-refractivity contribution in [3.05, 3.63) is 52.8 Å². The lowest BCUT2D eigenvalue weighted by Crippen LogP contribution is -2.27. The monoisotopic (exact) mass is 301 g/mol. The maximum absolute atomic E-state index is 12.6. The molecule has 0 aliphatic carbocycles. The molecule has 4 nitrogen and oxygen atoms in total. The Morgan fingerprint density at radius 2 is 2.19 bits per heavy atom. The molecule has 0 spiro atoms. The van der Waals surface area contributed by atoms with E-state index in [0.717, 1.165) is 29.8 Å². The van der Waals surface area contributed by atoms with Crippen molar-refractivity contribution in [2.75, 3.05) is 17.2 Å².